The van der Waals surface area contributed by atoms with Crippen LogP contribution in [0.15, 0.2) is 23.1 Å². The van der Waals surface area contributed by atoms with Crippen molar-refractivity contribution in [3.05, 3.63) is 40.2 Å². The summed E-state index contributed by atoms with van der Waals surface area (Å²) in [5, 5.41) is 3.48. The molecule has 2 aromatic rings. The van der Waals surface area contributed by atoms with E-state index in [1.165, 1.54) is 23.5 Å². The fourth-order valence-corrected chi connectivity index (χ4v) is 4.53. The van der Waals surface area contributed by atoms with Gasteiger partial charge in [0, 0.05) is 24.4 Å². The summed E-state index contributed by atoms with van der Waals surface area (Å²) in [4.78, 5) is 4.94. The molecule has 8 heteroatoms. The number of aryl methyl sites for hydroxylation is 1. The van der Waals surface area contributed by atoms with Crippen molar-refractivity contribution in [2.75, 3.05) is 11.3 Å². The molecule has 3 rings (SSSR count). The number of sulfonamides is 1. The van der Waals surface area contributed by atoms with E-state index in [1.54, 1.807) is 6.92 Å². The molecule has 0 radical (unpaired) electrons. The number of halogens is 1. The summed E-state index contributed by atoms with van der Waals surface area (Å²) in [5.74, 6) is -0.768. The maximum atomic E-state index is 13.7. The standard InChI is InChI=1S/C13H14FN3O2S2/c1-8-2-3-9(14)12(6-8)21(18,19)17-13-16-10-4-5-15-7-11(10)20-13/h2-3,6,15H,4-5,7H2,1H3,(H,16,17). The molecule has 2 N–H and O–H groups in total. The molecule has 2 heterocycles. The Kier molecular flexibility index (Phi) is 3.68. The zero-order valence-corrected chi connectivity index (χ0v) is 12.9. The van der Waals surface area contributed by atoms with Crippen LogP contribution in [0.2, 0.25) is 0 Å². The summed E-state index contributed by atoms with van der Waals surface area (Å²) in [6, 6.07) is 4.00. The Balaban J connectivity index is 1.92. The minimum Gasteiger partial charge on any atom is -0.311 e. The van der Waals surface area contributed by atoms with E-state index < -0.39 is 15.8 Å². The van der Waals surface area contributed by atoms with E-state index in [4.69, 9.17) is 0 Å². The summed E-state index contributed by atoms with van der Waals surface area (Å²) < 4.78 is 40.7. The highest BCUT2D eigenvalue weighted by molar-refractivity contribution is 7.93. The molecular weight excluding hydrogens is 313 g/mol. The van der Waals surface area contributed by atoms with E-state index in [2.05, 4.69) is 15.0 Å². The third-order valence-corrected chi connectivity index (χ3v) is 5.70. The van der Waals surface area contributed by atoms with Gasteiger partial charge in [-0.1, -0.05) is 17.4 Å². The van der Waals surface area contributed by atoms with Crippen LogP contribution in [0.25, 0.3) is 0 Å². The first kappa shape index (κ1) is 14.4. The number of nitrogens with zero attached hydrogens (tertiary/aromatic N) is 1. The highest BCUT2D eigenvalue weighted by Crippen LogP contribution is 2.28. The summed E-state index contributed by atoms with van der Waals surface area (Å²) in [5.41, 5.74) is 1.58. The molecule has 1 aliphatic rings. The second kappa shape index (κ2) is 5.36. The second-order valence-corrected chi connectivity index (χ2v) is 7.59. The molecule has 0 unspecified atom stereocenters. The monoisotopic (exact) mass is 327 g/mol. The minimum absolute atomic E-state index is 0.282. The van der Waals surface area contributed by atoms with Gasteiger partial charge in [0.2, 0.25) is 0 Å². The lowest BCUT2D eigenvalue weighted by atomic mass is 10.2. The number of fused-ring (bicyclic) bond motifs is 1. The molecule has 112 valence electrons. The second-order valence-electron chi connectivity index (χ2n) is 4.86. The molecule has 0 saturated heterocycles. The average molecular weight is 327 g/mol. The Morgan fingerprint density at radius 3 is 3.00 bits per heavy atom. The van der Waals surface area contributed by atoms with Crippen LogP contribution in [-0.4, -0.2) is 19.9 Å². The number of nitrogens with one attached hydrogen (secondary N) is 2. The lowest BCUT2D eigenvalue weighted by Crippen LogP contribution is -2.22. The van der Waals surface area contributed by atoms with Crippen LogP contribution >= 0.6 is 11.3 Å². The summed E-state index contributed by atoms with van der Waals surface area (Å²) in [7, 11) is -3.96. The number of benzene rings is 1. The number of thiazole rings is 1. The molecule has 0 aliphatic carbocycles. The van der Waals surface area contributed by atoms with Gasteiger partial charge in [-0.3, -0.25) is 4.72 Å². The summed E-state index contributed by atoms with van der Waals surface area (Å²) in [6.07, 6.45) is 0.770. The lowest BCUT2D eigenvalue weighted by Gasteiger charge is -2.09. The quantitative estimate of drug-likeness (QED) is 0.905. The fourth-order valence-electron chi connectivity index (χ4n) is 2.16. The number of hydrogen-bond donors (Lipinski definition) is 2. The normalized spacial score (nSPS) is 14.8. The topological polar surface area (TPSA) is 71.1 Å². The fraction of sp³-hybridized carbons (Fsp3) is 0.308. The Hall–Kier alpha value is -1.51. The molecule has 21 heavy (non-hydrogen) atoms. The van der Waals surface area contributed by atoms with Gasteiger partial charge in [0.15, 0.2) is 5.13 Å². The third-order valence-electron chi connectivity index (χ3n) is 3.20. The molecule has 1 aromatic carbocycles. The lowest BCUT2D eigenvalue weighted by molar-refractivity contribution is 0.570. The van der Waals surface area contributed by atoms with Crippen molar-refractivity contribution < 1.29 is 12.8 Å². The Bertz CT molecular complexity index is 763. The predicted octanol–water partition coefficient (Wildman–Crippen LogP) is 2.04. The molecule has 0 fully saturated rings. The van der Waals surface area contributed by atoms with E-state index in [0.29, 0.717) is 12.1 Å². The first-order valence-electron chi connectivity index (χ1n) is 6.44. The highest BCUT2D eigenvalue weighted by atomic mass is 32.2. The van der Waals surface area contributed by atoms with Gasteiger partial charge in [0.05, 0.1) is 5.69 Å². The van der Waals surface area contributed by atoms with Gasteiger partial charge < -0.3 is 5.32 Å². The zero-order chi connectivity index (χ0) is 15.0. The van der Waals surface area contributed by atoms with Crippen molar-refractivity contribution in [2.45, 2.75) is 24.8 Å². The number of anilines is 1. The molecule has 0 spiro atoms. The molecule has 0 saturated carbocycles. The van der Waals surface area contributed by atoms with E-state index in [0.717, 1.165) is 29.6 Å². The van der Waals surface area contributed by atoms with Crippen LogP contribution < -0.4 is 10.0 Å². The Labute approximate surface area is 126 Å². The van der Waals surface area contributed by atoms with Crippen molar-refractivity contribution in [1.29, 1.82) is 0 Å². The van der Waals surface area contributed by atoms with Crippen LogP contribution in [0.1, 0.15) is 16.1 Å². The first-order valence-corrected chi connectivity index (χ1v) is 8.74. The van der Waals surface area contributed by atoms with Gasteiger partial charge in [0.25, 0.3) is 10.0 Å². The number of aromatic nitrogens is 1. The van der Waals surface area contributed by atoms with Gasteiger partial charge in [0.1, 0.15) is 10.7 Å². The van der Waals surface area contributed by atoms with E-state index in [1.807, 2.05) is 0 Å². The smallest absolute Gasteiger partial charge is 0.266 e. The van der Waals surface area contributed by atoms with Crippen molar-refractivity contribution in [3.8, 4) is 0 Å². The van der Waals surface area contributed by atoms with Gasteiger partial charge in [-0.25, -0.2) is 17.8 Å². The summed E-state index contributed by atoms with van der Waals surface area (Å²) >= 11 is 1.28. The largest absolute Gasteiger partial charge is 0.311 e. The Morgan fingerprint density at radius 2 is 2.24 bits per heavy atom. The minimum atomic E-state index is -3.96. The van der Waals surface area contributed by atoms with Crippen molar-refractivity contribution in [1.82, 2.24) is 10.3 Å². The van der Waals surface area contributed by atoms with Crippen LogP contribution in [0.4, 0.5) is 9.52 Å². The average Bonchev–Trinajstić information content (AvgIpc) is 2.82. The van der Waals surface area contributed by atoms with Crippen LogP contribution in [0, 0.1) is 12.7 Å². The molecule has 1 aromatic heterocycles. The molecule has 5 nitrogen and oxygen atoms in total. The maximum Gasteiger partial charge on any atom is 0.266 e. The van der Waals surface area contributed by atoms with Gasteiger partial charge in [-0.05, 0) is 24.6 Å². The SMILES string of the molecule is Cc1ccc(F)c(S(=O)(=O)Nc2nc3c(s2)CNCC3)c1. The molecule has 0 amide bonds. The van der Waals surface area contributed by atoms with Gasteiger partial charge >= 0.3 is 0 Å². The van der Waals surface area contributed by atoms with Gasteiger partial charge in [-0.15, -0.1) is 0 Å². The predicted molar refractivity (Wildman–Crippen MR) is 79.5 cm³/mol. The highest BCUT2D eigenvalue weighted by Gasteiger charge is 2.22. The molecule has 0 atom stereocenters. The first-order chi connectivity index (χ1) is 9.95. The van der Waals surface area contributed by atoms with Gasteiger partial charge in [-0.2, -0.15) is 0 Å². The molecule has 1 aliphatic heterocycles. The summed E-state index contributed by atoms with van der Waals surface area (Å²) in [6.45, 7) is 3.23. The van der Waals surface area contributed by atoms with Crippen molar-refractivity contribution in [3.63, 3.8) is 0 Å². The van der Waals surface area contributed by atoms with Crippen molar-refractivity contribution in [2.24, 2.45) is 0 Å². The maximum absolute atomic E-state index is 13.7. The number of rotatable bonds is 3. The van der Waals surface area contributed by atoms with Crippen LogP contribution in [0.3, 0.4) is 0 Å². The molecule has 0 bridgehead atoms. The third kappa shape index (κ3) is 2.92. The van der Waals surface area contributed by atoms with Crippen molar-refractivity contribution >= 4 is 26.5 Å². The van der Waals surface area contributed by atoms with E-state index in [-0.39, 0.29) is 10.0 Å². The van der Waals surface area contributed by atoms with E-state index >= 15 is 0 Å². The van der Waals surface area contributed by atoms with Crippen LogP contribution in [0.5, 0.6) is 0 Å². The van der Waals surface area contributed by atoms with E-state index in [9.17, 15) is 12.8 Å². The Morgan fingerprint density at radius 1 is 1.43 bits per heavy atom. The molecular formula is C13H14FN3O2S2. The zero-order valence-electron chi connectivity index (χ0n) is 11.3. The van der Waals surface area contributed by atoms with Crippen LogP contribution in [-0.2, 0) is 23.0 Å². The number of hydrogen-bond acceptors (Lipinski definition) is 5.